The molecule has 1 rings (SSSR count). The van der Waals surface area contributed by atoms with Gasteiger partial charge in [0.15, 0.2) is 0 Å². The fraction of sp³-hybridized carbons (Fsp3) is 0.222. The molecule has 0 N–H and O–H groups in total. The lowest BCUT2D eigenvalue weighted by molar-refractivity contribution is 0.196. The number of ether oxygens (including phenoxy) is 1. The van der Waals surface area contributed by atoms with Gasteiger partial charge >= 0.3 is 5.30 Å². The fourth-order valence-corrected chi connectivity index (χ4v) is 1.83. The zero-order chi connectivity index (χ0) is 10.4. The number of thioether (sulfide) groups is 1. The Morgan fingerprint density at radius 3 is 2.50 bits per heavy atom. The molecule has 0 saturated carbocycles. The molecule has 0 saturated heterocycles. The summed E-state index contributed by atoms with van der Waals surface area (Å²) in [5, 5.41) is -0.551. The Hall–Kier alpha value is -0.260. The molecule has 0 bridgehead atoms. The van der Waals surface area contributed by atoms with Crippen molar-refractivity contribution >= 4 is 42.3 Å². The minimum absolute atomic E-state index is 0.294. The Bertz CT molecular complexity index is 297. The Balaban J connectivity index is 2.40. The van der Waals surface area contributed by atoms with Crippen LogP contribution in [0.5, 0.6) is 0 Å². The molecular formula is C9H10O2S3. The van der Waals surface area contributed by atoms with Gasteiger partial charge in [-0.1, -0.05) is 36.5 Å². The molecule has 0 unspecified atom stereocenters. The second-order valence-electron chi connectivity index (χ2n) is 2.47. The first-order chi connectivity index (χ1) is 6.72. The van der Waals surface area contributed by atoms with Crippen molar-refractivity contribution in [3.8, 4) is 0 Å². The molecule has 1 aromatic carbocycles. The van der Waals surface area contributed by atoms with Crippen LogP contribution in [-0.4, -0.2) is 11.2 Å². The second-order valence-corrected chi connectivity index (χ2v) is 4.15. The third-order valence-corrected chi connectivity index (χ3v) is 2.85. The van der Waals surface area contributed by atoms with Gasteiger partial charge < -0.3 is 4.74 Å². The van der Waals surface area contributed by atoms with Gasteiger partial charge in [0.05, 0.1) is 0 Å². The van der Waals surface area contributed by atoms with Crippen molar-refractivity contribution in [1.29, 1.82) is 0 Å². The van der Waals surface area contributed by atoms with Gasteiger partial charge in [-0.2, -0.15) is 12.6 Å². The molecule has 1 aromatic rings. The smallest absolute Gasteiger partial charge is 0.365 e. The summed E-state index contributed by atoms with van der Waals surface area (Å²) in [7, 11) is 0. The lowest BCUT2D eigenvalue weighted by Crippen LogP contribution is -1.91. The van der Waals surface area contributed by atoms with Crippen molar-refractivity contribution in [3.05, 3.63) is 29.8 Å². The van der Waals surface area contributed by atoms with Crippen molar-refractivity contribution < 1.29 is 9.53 Å². The van der Waals surface area contributed by atoms with E-state index >= 15 is 0 Å². The number of rotatable bonds is 4. The standard InChI is InChI=1S/C9H10O2S3/c10-9(13)11-6-14-8-3-1-7(5-12)2-4-8/h1-4,12H,5-6H2,(H,10,13). The number of carbonyl (C=O) groups is 1. The van der Waals surface area contributed by atoms with Crippen LogP contribution in [0, 0.1) is 0 Å². The van der Waals surface area contributed by atoms with Gasteiger partial charge in [0.1, 0.15) is 5.94 Å². The molecule has 0 aromatic heterocycles. The van der Waals surface area contributed by atoms with Crippen LogP contribution < -0.4 is 0 Å². The van der Waals surface area contributed by atoms with E-state index < -0.39 is 5.30 Å². The lowest BCUT2D eigenvalue weighted by Gasteiger charge is -2.02. The fourth-order valence-electron chi connectivity index (χ4n) is 0.839. The van der Waals surface area contributed by atoms with Crippen LogP contribution in [0.25, 0.3) is 0 Å². The van der Waals surface area contributed by atoms with Crippen LogP contribution in [-0.2, 0) is 10.5 Å². The van der Waals surface area contributed by atoms with Crippen molar-refractivity contribution in [3.63, 3.8) is 0 Å². The molecule has 0 aliphatic heterocycles. The largest absolute Gasteiger partial charge is 0.446 e. The summed E-state index contributed by atoms with van der Waals surface area (Å²) < 4.78 is 4.68. The summed E-state index contributed by atoms with van der Waals surface area (Å²) in [6, 6.07) is 7.95. The highest BCUT2D eigenvalue weighted by atomic mass is 32.2. The Morgan fingerprint density at radius 1 is 1.36 bits per heavy atom. The summed E-state index contributed by atoms with van der Waals surface area (Å²) in [6.45, 7) is 0. The van der Waals surface area contributed by atoms with Crippen LogP contribution >= 0.6 is 37.0 Å². The van der Waals surface area contributed by atoms with Gasteiger partial charge in [-0.15, -0.1) is 0 Å². The number of hydrogen-bond acceptors (Lipinski definition) is 4. The zero-order valence-electron chi connectivity index (χ0n) is 7.34. The molecule has 0 amide bonds. The quantitative estimate of drug-likeness (QED) is 0.369. The highest BCUT2D eigenvalue weighted by molar-refractivity contribution is 7.99. The maximum atomic E-state index is 10.4. The molecule has 2 nitrogen and oxygen atoms in total. The molecule has 0 aliphatic rings. The van der Waals surface area contributed by atoms with Crippen LogP contribution in [0.4, 0.5) is 4.79 Å². The highest BCUT2D eigenvalue weighted by Gasteiger charge is 1.97. The van der Waals surface area contributed by atoms with E-state index in [2.05, 4.69) is 30.0 Å². The number of benzene rings is 1. The molecule has 0 heterocycles. The summed E-state index contributed by atoms with van der Waals surface area (Å²) in [5.41, 5.74) is 1.17. The van der Waals surface area contributed by atoms with Crippen LogP contribution in [0.3, 0.4) is 0 Å². The molecule has 0 aliphatic carbocycles. The predicted octanol–water partition coefficient (Wildman–Crippen LogP) is 3.23. The third-order valence-electron chi connectivity index (χ3n) is 1.51. The van der Waals surface area contributed by atoms with Crippen LogP contribution in [0.15, 0.2) is 29.2 Å². The van der Waals surface area contributed by atoms with Crippen molar-refractivity contribution in [1.82, 2.24) is 0 Å². The molecular weight excluding hydrogens is 236 g/mol. The van der Waals surface area contributed by atoms with Gasteiger partial charge in [-0.3, -0.25) is 0 Å². The Morgan fingerprint density at radius 2 is 2.00 bits per heavy atom. The minimum Gasteiger partial charge on any atom is -0.446 e. The number of carbonyl (C=O) groups excluding carboxylic acids is 1. The SMILES string of the molecule is O=C(S)OCSc1ccc(CS)cc1. The second kappa shape index (κ2) is 6.27. The average molecular weight is 246 g/mol. The summed E-state index contributed by atoms with van der Waals surface area (Å²) in [5.74, 6) is 1.03. The van der Waals surface area contributed by atoms with E-state index in [0.29, 0.717) is 5.94 Å². The van der Waals surface area contributed by atoms with Gasteiger partial charge in [-0.25, -0.2) is 4.79 Å². The molecule has 0 atom stereocenters. The molecule has 0 spiro atoms. The molecule has 0 fully saturated rings. The predicted molar refractivity (Wildman–Crippen MR) is 65.3 cm³/mol. The molecule has 76 valence electrons. The Kier molecular flexibility index (Phi) is 5.29. The maximum Gasteiger partial charge on any atom is 0.365 e. The van der Waals surface area contributed by atoms with Crippen molar-refractivity contribution in [2.45, 2.75) is 10.6 Å². The maximum absolute atomic E-state index is 10.4. The number of thiol groups is 2. The lowest BCUT2D eigenvalue weighted by atomic mass is 10.2. The normalized spacial score (nSPS) is 9.86. The van der Waals surface area contributed by atoms with Crippen LogP contribution in [0.2, 0.25) is 0 Å². The minimum atomic E-state index is -0.551. The van der Waals surface area contributed by atoms with Gasteiger partial charge in [0, 0.05) is 10.6 Å². The van der Waals surface area contributed by atoms with E-state index in [1.807, 2.05) is 24.3 Å². The first-order valence-corrected chi connectivity index (χ1v) is 5.97. The van der Waals surface area contributed by atoms with Crippen molar-refractivity contribution in [2.24, 2.45) is 0 Å². The van der Waals surface area contributed by atoms with E-state index in [1.165, 1.54) is 17.3 Å². The van der Waals surface area contributed by atoms with E-state index in [-0.39, 0.29) is 0 Å². The van der Waals surface area contributed by atoms with E-state index in [1.54, 1.807) is 0 Å². The number of hydrogen-bond donors (Lipinski definition) is 2. The monoisotopic (exact) mass is 246 g/mol. The average Bonchev–Trinajstić information content (AvgIpc) is 2.18. The highest BCUT2D eigenvalue weighted by Crippen LogP contribution is 2.19. The van der Waals surface area contributed by atoms with Gasteiger partial charge in [0.2, 0.25) is 0 Å². The summed E-state index contributed by atoms with van der Waals surface area (Å²) in [4.78, 5) is 11.4. The summed E-state index contributed by atoms with van der Waals surface area (Å²) >= 11 is 9.10. The van der Waals surface area contributed by atoms with E-state index in [4.69, 9.17) is 0 Å². The van der Waals surface area contributed by atoms with Gasteiger partial charge in [-0.05, 0) is 17.7 Å². The first-order valence-electron chi connectivity index (χ1n) is 3.90. The molecule has 0 radical (unpaired) electrons. The zero-order valence-corrected chi connectivity index (χ0v) is 9.95. The first kappa shape index (κ1) is 11.8. The molecule has 14 heavy (non-hydrogen) atoms. The molecule has 5 heteroatoms. The van der Waals surface area contributed by atoms with Crippen molar-refractivity contribution in [2.75, 3.05) is 5.94 Å². The summed E-state index contributed by atoms with van der Waals surface area (Å²) in [6.07, 6.45) is 0. The van der Waals surface area contributed by atoms with E-state index in [0.717, 1.165) is 10.6 Å². The van der Waals surface area contributed by atoms with Gasteiger partial charge in [0.25, 0.3) is 0 Å². The van der Waals surface area contributed by atoms with Crippen LogP contribution in [0.1, 0.15) is 5.56 Å². The Labute approximate surface area is 98.2 Å². The third kappa shape index (κ3) is 4.30. The van der Waals surface area contributed by atoms with E-state index in [9.17, 15) is 4.79 Å². The topological polar surface area (TPSA) is 26.3 Å².